The quantitative estimate of drug-likeness (QED) is 0.454. The summed E-state index contributed by atoms with van der Waals surface area (Å²) in [6, 6.07) is 0. The van der Waals surface area contributed by atoms with E-state index in [9.17, 15) is 0 Å². The smallest absolute Gasteiger partial charge is 1.00 e. The molecule has 0 spiro atoms. The van der Waals surface area contributed by atoms with Gasteiger partial charge in [0.05, 0.1) is 0 Å². The van der Waals surface area contributed by atoms with Gasteiger partial charge in [-0.15, -0.1) is 0 Å². The first kappa shape index (κ1) is 12.7. The van der Waals surface area contributed by atoms with E-state index in [1.54, 1.807) is 0 Å². The third kappa shape index (κ3) is 12.2. The van der Waals surface area contributed by atoms with Crippen LogP contribution in [0.4, 0.5) is 0 Å². The summed E-state index contributed by atoms with van der Waals surface area (Å²) in [7, 11) is 0. The van der Waals surface area contributed by atoms with Crippen molar-refractivity contribution in [2.24, 2.45) is 11.3 Å². The minimum Gasteiger partial charge on any atom is -1.00 e. The van der Waals surface area contributed by atoms with Gasteiger partial charge in [-0.05, 0) is 17.8 Å². The molecule has 0 fully saturated rings. The van der Waals surface area contributed by atoms with Crippen molar-refractivity contribution in [2.75, 3.05) is 0 Å². The summed E-state index contributed by atoms with van der Waals surface area (Å²) in [6.45, 7) is 11.4. The first-order valence-electron chi connectivity index (χ1n) is 3.42. The minimum absolute atomic E-state index is 0. The van der Waals surface area contributed by atoms with E-state index in [1.165, 1.54) is 6.42 Å². The SMILES string of the molecule is CC(C)CC(C)(C)C.[H-].[Na+]. The zero-order valence-corrected chi connectivity index (χ0v) is 9.78. The second-order valence-electron chi connectivity index (χ2n) is 4.16. The standard InChI is InChI=1S/C8H18.Na.H/c1-7(2)6-8(3,4)5;;/h7H,6H2,1-5H3;;/q;+1;-1. The first-order valence-corrected chi connectivity index (χ1v) is 3.42. The van der Waals surface area contributed by atoms with Crippen LogP contribution in [0.2, 0.25) is 0 Å². The molecule has 0 atom stereocenters. The molecule has 1 heteroatoms. The van der Waals surface area contributed by atoms with Crippen molar-refractivity contribution < 1.29 is 31.0 Å². The van der Waals surface area contributed by atoms with Crippen LogP contribution < -0.4 is 29.6 Å². The molecule has 9 heavy (non-hydrogen) atoms. The third-order valence-electron chi connectivity index (χ3n) is 1.02. The molecule has 0 aliphatic carbocycles. The molecule has 52 valence electrons. The van der Waals surface area contributed by atoms with Gasteiger partial charge >= 0.3 is 29.6 Å². The molecule has 0 heterocycles. The number of hydrogen-bond donors (Lipinski definition) is 0. The van der Waals surface area contributed by atoms with Crippen LogP contribution in [0.3, 0.4) is 0 Å². The molecular formula is C8H19Na. The largest absolute Gasteiger partial charge is 1.00 e. The van der Waals surface area contributed by atoms with Crippen LogP contribution in [0.1, 0.15) is 42.5 Å². The van der Waals surface area contributed by atoms with Gasteiger partial charge in [-0.1, -0.05) is 34.6 Å². The van der Waals surface area contributed by atoms with Gasteiger partial charge in [0.1, 0.15) is 0 Å². The van der Waals surface area contributed by atoms with E-state index >= 15 is 0 Å². The second-order valence-corrected chi connectivity index (χ2v) is 4.16. The molecule has 0 nitrogen and oxygen atoms in total. The summed E-state index contributed by atoms with van der Waals surface area (Å²) >= 11 is 0. The molecule has 0 N–H and O–H groups in total. The maximum atomic E-state index is 2.28. The molecule has 0 saturated carbocycles. The van der Waals surface area contributed by atoms with Gasteiger partial charge in [0, 0.05) is 0 Å². The van der Waals surface area contributed by atoms with Gasteiger partial charge in [-0.3, -0.25) is 0 Å². The molecule has 0 radical (unpaired) electrons. The van der Waals surface area contributed by atoms with Crippen LogP contribution in [-0.4, -0.2) is 0 Å². The third-order valence-corrected chi connectivity index (χ3v) is 1.02. The number of hydrogen-bond acceptors (Lipinski definition) is 0. The van der Waals surface area contributed by atoms with E-state index < -0.39 is 0 Å². The summed E-state index contributed by atoms with van der Waals surface area (Å²) in [6.07, 6.45) is 1.33. The van der Waals surface area contributed by atoms with Gasteiger partial charge < -0.3 is 1.43 Å². The van der Waals surface area contributed by atoms with Crippen molar-refractivity contribution in [1.82, 2.24) is 0 Å². The fraction of sp³-hybridized carbons (Fsp3) is 1.00. The van der Waals surface area contributed by atoms with E-state index in [2.05, 4.69) is 34.6 Å². The monoisotopic (exact) mass is 138 g/mol. The van der Waals surface area contributed by atoms with E-state index in [0.717, 1.165) is 5.92 Å². The predicted octanol–water partition coefficient (Wildman–Crippen LogP) is 0.195. The van der Waals surface area contributed by atoms with Crippen molar-refractivity contribution in [2.45, 2.75) is 41.0 Å². The topological polar surface area (TPSA) is 0 Å². The average molecular weight is 138 g/mol. The van der Waals surface area contributed by atoms with Gasteiger partial charge in [0.25, 0.3) is 0 Å². The summed E-state index contributed by atoms with van der Waals surface area (Å²) in [5, 5.41) is 0. The molecule has 0 aromatic carbocycles. The van der Waals surface area contributed by atoms with E-state index in [0.29, 0.717) is 5.41 Å². The van der Waals surface area contributed by atoms with Crippen molar-refractivity contribution in [1.29, 1.82) is 0 Å². The van der Waals surface area contributed by atoms with Crippen LogP contribution in [0.5, 0.6) is 0 Å². The maximum Gasteiger partial charge on any atom is 1.00 e. The van der Waals surface area contributed by atoms with Gasteiger partial charge in [0.15, 0.2) is 0 Å². The van der Waals surface area contributed by atoms with Crippen LogP contribution in [0.15, 0.2) is 0 Å². The Labute approximate surface area is 83.2 Å². The Kier molecular flexibility index (Phi) is 6.69. The maximum absolute atomic E-state index is 2.28. The number of rotatable bonds is 1. The molecule has 0 amide bonds. The Morgan fingerprint density at radius 1 is 1.22 bits per heavy atom. The van der Waals surface area contributed by atoms with Crippen molar-refractivity contribution in [3.63, 3.8) is 0 Å². The molecule has 0 aromatic heterocycles. The zero-order valence-electron chi connectivity index (χ0n) is 8.78. The fourth-order valence-electron chi connectivity index (χ4n) is 1.22. The molecule has 0 bridgehead atoms. The van der Waals surface area contributed by atoms with Crippen LogP contribution in [0.25, 0.3) is 0 Å². The summed E-state index contributed by atoms with van der Waals surface area (Å²) in [5.41, 5.74) is 0.522. The van der Waals surface area contributed by atoms with Gasteiger partial charge in [0.2, 0.25) is 0 Å². The first-order chi connectivity index (χ1) is 3.42. The Hall–Kier alpha value is 1.00. The Morgan fingerprint density at radius 2 is 1.56 bits per heavy atom. The zero-order chi connectivity index (χ0) is 6.78. The van der Waals surface area contributed by atoms with E-state index in [-0.39, 0.29) is 31.0 Å². The van der Waals surface area contributed by atoms with E-state index in [4.69, 9.17) is 0 Å². The van der Waals surface area contributed by atoms with Crippen molar-refractivity contribution >= 4 is 0 Å². The van der Waals surface area contributed by atoms with Crippen molar-refractivity contribution in [3.05, 3.63) is 0 Å². The predicted molar refractivity (Wildman–Crippen MR) is 40.0 cm³/mol. The second kappa shape index (κ2) is 4.76. The normalized spacial score (nSPS) is 11.3. The van der Waals surface area contributed by atoms with Crippen molar-refractivity contribution in [3.8, 4) is 0 Å². The van der Waals surface area contributed by atoms with Crippen LogP contribution in [-0.2, 0) is 0 Å². The molecular weight excluding hydrogens is 119 g/mol. The summed E-state index contributed by atoms with van der Waals surface area (Å²) in [4.78, 5) is 0. The molecule has 0 rings (SSSR count). The summed E-state index contributed by atoms with van der Waals surface area (Å²) < 4.78 is 0. The molecule has 0 saturated heterocycles. The molecule has 0 aliphatic rings. The van der Waals surface area contributed by atoms with Gasteiger partial charge in [-0.25, -0.2) is 0 Å². The average Bonchev–Trinajstić information content (AvgIpc) is 1.21. The molecule has 0 aliphatic heterocycles. The summed E-state index contributed by atoms with van der Waals surface area (Å²) in [5.74, 6) is 0.843. The fourth-order valence-corrected chi connectivity index (χ4v) is 1.22. The Balaban J connectivity index is -0.000000245. The van der Waals surface area contributed by atoms with Crippen LogP contribution in [0, 0.1) is 11.3 Å². The molecule has 0 aromatic rings. The Morgan fingerprint density at radius 3 is 1.56 bits per heavy atom. The Bertz CT molecular complexity index is 64.1. The minimum atomic E-state index is 0. The van der Waals surface area contributed by atoms with Gasteiger partial charge in [-0.2, -0.15) is 0 Å². The molecule has 0 unspecified atom stereocenters. The van der Waals surface area contributed by atoms with E-state index in [1.807, 2.05) is 0 Å². The van der Waals surface area contributed by atoms with Crippen LogP contribution >= 0.6 is 0 Å².